The molecule has 18 heavy (non-hydrogen) atoms. The van der Waals surface area contributed by atoms with Crippen molar-refractivity contribution in [2.45, 2.75) is 64.6 Å². The van der Waals surface area contributed by atoms with Gasteiger partial charge in [0.25, 0.3) is 0 Å². The molecular weight excluding hydrogens is 224 g/mol. The van der Waals surface area contributed by atoms with E-state index in [4.69, 9.17) is 4.74 Å². The quantitative estimate of drug-likeness (QED) is 0.833. The number of hydrogen-bond acceptors (Lipinski definition) is 3. The molecule has 0 amide bonds. The van der Waals surface area contributed by atoms with Crippen LogP contribution in [0.4, 0.5) is 0 Å². The molecule has 1 saturated heterocycles. The van der Waals surface area contributed by atoms with Crippen LogP contribution in [-0.4, -0.2) is 49.3 Å². The minimum Gasteiger partial charge on any atom is -0.376 e. The summed E-state index contributed by atoms with van der Waals surface area (Å²) in [5.74, 6) is 0.861. The lowest BCUT2D eigenvalue weighted by atomic mass is 9.86. The fourth-order valence-electron chi connectivity index (χ4n) is 3.30. The monoisotopic (exact) mass is 254 g/mol. The van der Waals surface area contributed by atoms with Crippen molar-refractivity contribution >= 4 is 0 Å². The van der Waals surface area contributed by atoms with Crippen molar-refractivity contribution < 1.29 is 4.74 Å². The summed E-state index contributed by atoms with van der Waals surface area (Å²) in [6, 6.07) is 1.33. The van der Waals surface area contributed by atoms with Gasteiger partial charge in [-0.05, 0) is 32.6 Å². The molecule has 1 saturated carbocycles. The van der Waals surface area contributed by atoms with Crippen LogP contribution >= 0.6 is 0 Å². The van der Waals surface area contributed by atoms with Crippen molar-refractivity contribution in [1.29, 1.82) is 0 Å². The SMILES string of the molecule is CC1CN(CCNC2CCCCC2C)C(C)CO1. The molecule has 1 N–H and O–H groups in total. The van der Waals surface area contributed by atoms with E-state index in [1.165, 1.54) is 25.7 Å². The van der Waals surface area contributed by atoms with Gasteiger partial charge in [-0.2, -0.15) is 0 Å². The van der Waals surface area contributed by atoms with E-state index in [-0.39, 0.29) is 0 Å². The van der Waals surface area contributed by atoms with E-state index < -0.39 is 0 Å². The van der Waals surface area contributed by atoms with Crippen LogP contribution in [0.15, 0.2) is 0 Å². The van der Waals surface area contributed by atoms with Crippen LogP contribution in [-0.2, 0) is 4.74 Å². The van der Waals surface area contributed by atoms with Crippen molar-refractivity contribution in [3.63, 3.8) is 0 Å². The van der Waals surface area contributed by atoms with Gasteiger partial charge in [0.1, 0.15) is 0 Å². The Morgan fingerprint density at radius 2 is 1.94 bits per heavy atom. The zero-order chi connectivity index (χ0) is 13.0. The summed E-state index contributed by atoms with van der Waals surface area (Å²) in [4.78, 5) is 2.56. The second-order valence-electron chi connectivity index (χ2n) is 6.31. The molecule has 3 heteroatoms. The second-order valence-corrected chi connectivity index (χ2v) is 6.31. The Morgan fingerprint density at radius 1 is 1.17 bits per heavy atom. The van der Waals surface area contributed by atoms with Gasteiger partial charge in [-0.1, -0.05) is 19.8 Å². The van der Waals surface area contributed by atoms with Gasteiger partial charge in [-0.25, -0.2) is 0 Å². The Hall–Kier alpha value is -0.120. The highest BCUT2D eigenvalue weighted by molar-refractivity contribution is 4.80. The van der Waals surface area contributed by atoms with E-state index in [0.29, 0.717) is 12.1 Å². The van der Waals surface area contributed by atoms with Gasteiger partial charge in [-0.3, -0.25) is 4.90 Å². The van der Waals surface area contributed by atoms with E-state index in [2.05, 4.69) is 31.0 Å². The van der Waals surface area contributed by atoms with E-state index in [9.17, 15) is 0 Å². The normalized spacial score (nSPS) is 38.8. The number of hydrogen-bond donors (Lipinski definition) is 1. The number of ether oxygens (including phenoxy) is 1. The molecule has 1 heterocycles. The van der Waals surface area contributed by atoms with Crippen LogP contribution in [0.5, 0.6) is 0 Å². The zero-order valence-electron chi connectivity index (χ0n) is 12.3. The Balaban J connectivity index is 1.67. The molecule has 4 atom stereocenters. The van der Waals surface area contributed by atoms with Crippen molar-refractivity contribution in [1.82, 2.24) is 10.2 Å². The van der Waals surface area contributed by atoms with Crippen LogP contribution in [0.25, 0.3) is 0 Å². The highest BCUT2D eigenvalue weighted by Gasteiger charge is 2.24. The Morgan fingerprint density at radius 3 is 2.72 bits per heavy atom. The molecule has 0 radical (unpaired) electrons. The number of morpholine rings is 1. The fourth-order valence-corrected chi connectivity index (χ4v) is 3.30. The fraction of sp³-hybridized carbons (Fsp3) is 1.00. The first-order valence-electron chi connectivity index (χ1n) is 7.76. The Kier molecular flexibility index (Phi) is 5.46. The molecule has 106 valence electrons. The summed E-state index contributed by atoms with van der Waals surface area (Å²) >= 11 is 0. The van der Waals surface area contributed by atoms with Crippen LogP contribution in [0.3, 0.4) is 0 Å². The van der Waals surface area contributed by atoms with Crippen LogP contribution < -0.4 is 5.32 Å². The van der Waals surface area contributed by atoms with E-state index in [0.717, 1.165) is 38.2 Å². The Bertz CT molecular complexity index is 247. The van der Waals surface area contributed by atoms with E-state index in [1.807, 2.05) is 0 Å². The summed E-state index contributed by atoms with van der Waals surface area (Å²) in [5, 5.41) is 3.77. The average molecular weight is 254 g/mol. The van der Waals surface area contributed by atoms with Gasteiger partial charge < -0.3 is 10.1 Å². The topological polar surface area (TPSA) is 24.5 Å². The molecule has 4 unspecified atom stereocenters. The maximum atomic E-state index is 5.67. The predicted molar refractivity (Wildman–Crippen MR) is 75.9 cm³/mol. The first-order chi connectivity index (χ1) is 8.66. The maximum Gasteiger partial charge on any atom is 0.0674 e. The molecule has 2 rings (SSSR count). The molecule has 2 aliphatic rings. The van der Waals surface area contributed by atoms with Crippen LogP contribution in [0, 0.1) is 5.92 Å². The molecule has 0 bridgehead atoms. The summed E-state index contributed by atoms with van der Waals surface area (Å²) in [5.41, 5.74) is 0. The van der Waals surface area contributed by atoms with Gasteiger partial charge >= 0.3 is 0 Å². The van der Waals surface area contributed by atoms with Crippen molar-refractivity contribution in [2.75, 3.05) is 26.2 Å². The van der Waals surface area contributed by atoms with Crippen molar-refractivity contribution in [3.8, 4) is 0 Å². The molecule has 3 nitrogen and oxygen atoms in total. The lowest BCUT2D eigenvalue weighted by molar-refractivity contribution is -0.0489. The maximum absolute atomic E-state index is 5.67. The number of nitrogens with one attached hydrogen (secondary N) is 1. The second kappa shape index (κ2) is 6.88. The van der Waals surface area contributed by atoms with Gasteiger partial charge in [-0.15, -0.1) is 0 Å². The van der Waals surface area contributed by atoms with Gasteiger partial charge in [0.2, 0.25) is 0 Å². The molecular formula is C15H30N2O. The minimum atomic E-state index is 0.398. The zero-order valence-corrected chi connectivity index (χ0v) is 12.3. The summed E-state index contributed by atoms with van der Waals surface area (Å²) < 4.78 is 5.67. The summed E-state index contributed by atoms with van der Waals surface area (Å²) in [7, 11) is 0. The van der Waals surface area contributed by atoms with E-state index in [1.54, 1.807) is 0 Å². The van der Waals surface area contributed by atoms with Gasteiger partial charge in [0.05, 0.1) is 12.7 Å². The molecule has 1 aliphatic carbocycles. The molecule has 0 aromatic rings. The average Bonchev–Trinajstić information content (AvgIpc) is 2.36. The molecule has 1 aliphatic heterocycles. The third-order valence-corrected chi connectivity index (χ3v) is 4.65. The van der Waals surface area contributed by atoms with Crippen LogP contribution in [0.1, 0.15) is 46.5 Å². The molecule has 0 aromatic heterocycles. The summed E-state index contributed by atoms with van der Waals surface area (Å²) in [6.45, 7) is 11.1. The lowest BCUT2D eigenvalue weighted by Gasteiger charge is -2.37. The number of rotatable bonds is 4. The van der Waals surface area contributed by atoms with E-state index >= 15 is 0 Å². The predicted octanol–water partition coefficient (Wildman–Crippen LogP) is 2.26. The summed E-state index contributed by atoms with van der Waals surface area (Å²) in [6.07, 6.45) is 6.01. The molecule has 2 fully saturated rings. The standard InChI is InChI=1S/C15H30N2O/c1-12-6-4-5-7-15(12)16-8-9-17-10-14(3)18-11-13(17)2/h12-16H,4-11H2,1-3H3. The van der Waals surface area contributed by atoms with Crippen molar-refractivity contribution in [2.24, 2.45) is 5.92 Å². The van der Waals surface area contributed by atoms with Crippen LogP contribution in [0.2, 0.25) is 0 Å². The highest BCUT2D eigenvalue weighted by atomic mass is 16.5. The minimum absolute atomic E-state index is 0.398. The lowest BCUT2D eigenvalue weighted by Crippen LogP contribution is -2.50. The van der Waals surface area contributed by atoms with Crippen molar-refractivity contribution in [3.05, 3.63) is 0 Å². The first kappa shape index (κ1) is 14.3. The third-order valence-electron chi connectivity index (χ3n) is 4.65. The number of nitrogens with zero attached hydrogens (tertiary/aromatic N) is 1. The Labute approximate surface area is 112 Å². The third kappa shape index (κ3) is 3.94. The largest absolute Gasteiger partial charge is 0.376 e. The molecule has 0 spiro atoms. The van der Waals surface area contributed by atoms with Gasteiger partial charge in [0.15, 0.2) is 0 Å². The molecule has 0 aromatic carbocycles. The highest BCUT2D eigenvalue weighted by Crippen LogP contribution is 2.23. The van der Waals surface area contributed by atoms with Gasteiger partial charge in [0, 0.05) is 31.7 Å². The smallest absolute Gasteiger partial charge is 0.0674 e. The first-order valence-corrected chi connectivity index (χ1v) is 7.76.